The van der Waals surface area contributed by atoms with Crippen LogP contribution in [-0.4, -0.2) is 33.1 Å². The SMILES string of the molecule is Cl.Cl.Cn1c(=O)ccc2ncc(F)c(NCC3CCC(NCc4cc5c(cn4)OCS5)CC3)c21. The fourth-order valence-electron chi connectivity index (χ4n) is 4.50. The monoisotopic (exact) mass is 527 g/mol. The molecular weight excluding hydrogens is 500 g/mol. The highest BCUT2D eigenvalue weighted by molar-refractivity contribution is 7.99. The van der Waals surface area contributed by atoms with E-state index >= 15 is 0 Å². The third kappa shape index (κ3) is 5.59. The summed E-state index contributed by atoms with van der Waals surface area (Å²) in [5.41, 5.74) is 2.34. The molecule has 0 spiro atoms. The first-order valence-corrected chi connectivity index (χ1v) is 11.9. The van der Waals surface area contributed by atoms with Crippen LogP contribution in [0.2, 0.25) is 0 Å². The standard InChI is InChI=1S/C23H26FN5O2S.2ClH/c1-29-21(30)7-6-18-23(29)22(17(24)11-27-18)28-9-14-2-4-15(5-3-14)25-10-16-8-20-19(12-26-16)31-13-32-20;;/h6-8,11-12,14-15,25H,2-5,9-10,13H2,1H3,(H,27,28);2*1H. The van der Waals surface area contributed by atoms with E-state index in [1.165, 1.54) is 21.7 Å². The Morgan fingerprint density at radius 3 is 2.76 bits per heavy atom. The van der Waals surface area contributed by atoms with Crippen LogP contribution in [-0.2, 0) is 13.6 Å². The number of thioether (sulfide) groups is 1. The summed E-state index contributed by atoms with van der Waals surface area (Å²) in [6.07, 6.45) is 7.31. The van der Waals surface area contributed by atoms with E-state index in [1.807, 2.05) is 6.20 Å². The van der Waals surface area contributed by atoms with Crippen molar-refractivity contribution in [3.8, 4) is 5.75 Å². The Morgan fingerprint density at radius 1 is 1.18 bits per heavy atom. The average Bonchev–Trinajstić information content (AvgIpc) is 3.28. The molecule has 11 heteroatoms. The highest BCUT2D eigenvalue weighted by atomic mass is 35.5. The van der Waals surface area contributed by atoms with Crippen LogP contribution < -0.4 is 20.9 Å². The van der Waals surface area contributed by atoms with Gasteiger partial charge in [0.25, 0.3) is 5.56 Å². The largest absolute Gasteiger partial charge is 0.480 e. The summed E-state index contributed by atoms with van der Waals surface area (Å²) in [6.45, 7) is 1.43. The maximum Gasteiger partial charge on any atom is 0.250 e. The van der Waals surface area contributed by atoms with E-state index in [0.29, 0.717) is 41.2 Å². The molecule has 5 rings (SSSR count). The molecule has 0 bridgehead atoms. The number of aryl methyl sites for hydroxylation is 1. The average molecular weight is 528 g/mol. The highest BCUT2D eigenvalue weighted by Gasteiger charge is 2.22. The fraction of sp³-hybridized carbons (Fsp3) is 0.435. The van der Waals surface area contributed by atoms with E-state index in [0.717, 1.165) is 43.7 Å². The normalized spacial score (nSPS) is 19.0. The smallest absolute Gasteiger partial charge is 0.250 e. The lowest BCUT2D eigenvalue weighted by molar-refractivity contribution is 0.299. The number of nitrogens with one attached hydrogen (secondary N) is 2. The maximum atomic E-state index is 14.5. The summed E-state index contributed by atoms with van der Waals surface area (Å²) in [7, 11) is 1.65. The number of hydrogen-bond acceptors (Lipinski definition) is 7. The van der Waals surface area contributed by atoms with E-state index in [4.69, 9.17) is 4.74 Å². The van der Waals surface area contributed by atoms with Crippen molar-refractivity contribution in [2.75, 3.05) is 17.8 Å². The van der Waals surface area contributed by atoms with Crippen LogP contribution in [0.5, 0.6) is 5.75 Å². The molecule has 0 aromatic carbocycles. The maximum absolute atomic E-state index is 14.5. The third-order valence-electron chi connectivity index (χ3n) is 6.39. The van der Waals surface area contributed by atoms with Gasteiger partial charge in [-0.25, -0.2) is 4.39 Å². The van der Waals surface area contributed by atoms with Crippen molar-refractivity contribution >= 4 is 53.3 Å². The molecular formula is C23H28Cl2FN5O2S. The topological polar surface area (TPSA) is 81.1 Å². The summed E-state index contributed by atoms with van der Waals surface area (Å²) < 4.78 is 21.5. The number of fused-ring (bicyclic) bond motifs is 2. The first kappa shape index (κ1) is 26.5. The number of pyridine rings is 3. The van der Waals surface area contributed by atoms with Gasteiger partial charge in [-0.3, -0.25) is 14.8 Å². The van der Waals surface area contributed by atoms with Crippen LogP contribution in [0.1, 0.15) is 31.4 Å². The second-order valence-electron chi connectivity index (χ2n) is 8.45. The van der Waals surface area contributed by atoms with E-state index in [9.17, 15) is 9.18 Å². The van der Waals surface area contributed by atoms with E-state index in [-0.39, 0.29) is 30.4 Å². The van der Waals surface area contributed by atoms with Gasteiger partial charge in [0.1, 0.15) is 5.94 Å². The Hall–Kier alpha value is -2.07. The lowest BCUT2D eigenvalue weighted by Crippen LogP contribution is -2.34. The van der Waals surface area contributed by atoms with Gasteiger partial charge in [-0.05, 0) is 43.7 Å². The lowest BCUT2D eigenvalue weighted by Gasteiger charge is -2.29. The molecule has 0 unspecified atom stereocenters. The summed E-state index contributed by atoms with van der Waals surface area (Å²) in [6, 6.07) is 5.66. The second kappa shape index (κ2) is 11.6. The first-order valence-electron chi connectivity index (χ1n) is 10.9. The molecule has 2 N–H and O–H groups in total. The minimum absolute atomic E-state index is 0. The van der Waals surface area contributed by atoms with Crippen LogP contribution >= 0.6 is 36.6 Å². The summed E-state index contributed by atoms with van der Waals surface area (Å²) >= 11 is 1.70. The van der Waals surface area contributed by atoms with Crippen molar-refractivity contribution in [2.45, 2.75) is 43.2 Å². The molecule has 0 atom stereocenters. The van der Waals surface area contributed by atoms with Gasteiger partial charge in [0.15, 0.2) is 11.6 Å². The molecule has 1 aliphatic heterocycles. The Bertz CT molecular complexity index is 1200. The van der Waals surface area contributed by atoms with Gasteiger partial charge in [-0.1, -0.05) is 11.8 Å². The minimum Gasteiger partial charge on any atom is -0.480 e. The quantitative estimate of drug-likeness (QED) is 0.487. The van der Waals surface area contributed by atoms with E-state index in [1.54, 1.807) is 24.9 Å². The van der Waals surface area contributed by atoms with Crippen molar-refractivity contribution < 1.29 is 9.13 Å². The molecule has 184 valence electrons. The lowest BCUT2D eigenvalue weighted by atomic mass is 9.86. The zero-order valence-corrected chi connectivity index (χ0v) is 21.2. The van der Waals surface area contributed by atoms with Crippen LogP contribution in [0.15, 0.2) is 40.3 Å². The molecule has 0 radical (unpaired) electrons. The molecule has 1 saturated carbocycles. The van der Waals surface area contributed by atoms with Gasteiger partial charge < -0.3 is 19.9 Å². The van der Waals surface area contributed by atoms with Crippen molar-refractivity contribution in [1.82, 2.24) is 19.9 Å². The number of anilines is 1. The second-order valence-corrected chi connectivity index (χ2v) is 9.42. The van der Waals surface area contributed by atoms with Gasteiger partial charge in [0.2, 0.25) is 0 Å². The Kier molecular flexibility index (Phi) is 9.03. The molecule has 4 heterocycles. The van der Waals surface area contributed by atoms with E-state index < -0.39 is 5.82 Å². The minimum atomic E-state index is -0.431. The fourth-order valence-corrected chi connectivity index (χ4v) is 5.29. The van der Waals surface area contributed by atoms with Gasteiger partial charge in [0, 0.05) is 32.2 Å². The van der Waals surface area contributed by atoms with Crippen LogP contribution in [0.3, 0.4) is 0 Å². The predicted molar refractivity (Wildman–Crippen MR) is 138 cm³/mol. The summed E-state index contributed by atoms with van der Waals surface area (Å²) in [4.78, 5) is 21.8. The Labute approximate surface area is 214 Å². The molecule has 34 heavy (non-hydrogen) atoms. The molecule has 3 aromatic rings. The van der Waals surface area contributed by atoms with Gasteiger partial charge in [-0.2, -0.15) is 0 Å². The summed E-state index contributed by atoms with van der Waals surface area (Å²) in [5.74, 6) is 1.58. The third-order valence-corrected chi connectivity index (χ3v) is 7.25. The van der Waals surface area contributed by atoms with E-state index in [2.05, 4.69) is 26.7 Å². The molecule has 7 nitrogen and oxygen atoms in total. The highest BCUT2D eigenvalue weighted by Crippen LogP contribution is 2.35. The molecule has 2 aliphatic rings. The number of nitrogens with zero attached hydrogens (tertiary/aromatic N) is 3. The van der Waals surface area contributed by atoms with Crippen molar-refractivity contribution in [3.05, 3.63) is 52.5 Å². The molecule has 1 aliphatic carbocycles. The molecule has 1 fully saturated rings. The molecule has 0 amide bonds. The van der Waals surface area contributed by atoms with Crippen LogP contribution in [0.25, 0.3) is 11.0 Å². The zero-order chi connectivity index (χ0) is 22.1. The van der Waals surface area contributed by atoms with Gasteiger partial charge in [0.05, 0.1) is 39.7 Å². The van der Waals surface area contributed by atoms with Crippen molar-refractivity contribution in [2.24, 2.45) is 13.0 Å². The van der Waals surface area contributed by atoms with Crippen molar-refractivity contribution in [1.29, 1.82) is 0 Å². The molecule has 3 aromatic heterocycles. The first-order chi connectivity index (χ1) is 15.6. The number of rotatable bonds is 6. The Balaban J connectivity index is 0.00000162. The summed E-state index contributed by atoms with van der Waals surface area (Å²) in [5, 5.41) is 6.90. The van der Waals surface area contributed by atoms with Crippen LogP contribution in [0.4, 0.5) is 10.1 Å². The molecule has 0 saturated heterocycles. The number of ether oxygens (including phenoxy) is 1. The van der Waals surface area contributed by atoms with Crippen LogP contribution in [0, 0.1) is 11.7 Å². The van der Waals surface area contributed by atoms with Gasteiger partial charge >= 0.3 is 0 Å². The number of aromatic nitrogens is 3. The number of halogens is 3. The zero-order valence-electron chi connectivity index (χ0n) is 18.8. The number of hydrogen-bond donors (Lipinski definition) is 2. The van der Waals surface area contributed by atoms with Gasteiger partial charge in [-0.15, -0.1) is 24.8 Å². The van der Waals surface area contributed by atoms with Crippen molar-refractivity contribution in [3.63, 3.8) is 0 Å². The predicted octanol–water partition coefficient (Wildman–Crippen LogP) is 4.51. The Morgan fingerprint density at radius 2 is 1.97 bits per heavy atom.